The Morgan fingerprint density at radius 3 is 2.58 bits per heavy atom. The van der Waals surface area contributed by atoms with Gasteiger partial charge in [0.15, 0.2) is 0 Å². The van der Waals surface area contributed by atoms with Crippen LogP contribution in [0.4, 0.5) is 5.69 Å². The van der Waals surface area contributed by atoms with E-state index in [1.54, 1.807) is 0 Å². The molecule has 1 N–H and O–H groups in total. The van der Waals surface area contributed by atoms with Gasteiger partial charge in [-0.15, -0.1) is 11.8 Å². The minimum Gasteiger partial charge on any atom is -0.324 e. The molecule has 0 radical (unpaired) electrons. The summed E-state index contributed by atoms with van der Waals surface area (Å²) in [6, 6.07) is 15.2. The van der Waals surface area contributed by atoms with Crippen LogP contribution in [0.2, 0.25) is 5.02 Å². The highest BCUT2D eigenvalue weighted by Gasteiger charge is 2.07. The molecule has 0 heterocycles. The molecule has 0 aliphatic heterocycles. The van der Waals surface area contributed by atoms with Gasteiger partial charge in [0.2, 0.25) is 5.91 Å². The first-order valence-electron chi connectivity index (χ1n) is 5.58. The van der Waals surface area contributed by atoms with Crippen LogP contribution in [0.15, 0.2) is 53.4 Å². The maximum absolute atomic E-state index is 11.9. The number of para-hydroxylation sites is 1. The van der Waals surface area contributed by atoms with E-state index in [1.807, 2.05) is 48.5 Å². The fourth-order valence-corrected chi connectivity index (χ4v) is 3.02. The molecular formula is C14H11ClINOS. The van der Waals surface area contributed by atoms with Crippen molar-refractivity contribution in [2.45, 2.75) is 4.90 Å². The fraction of sp³-hybridized carbons (Fsp3) is 0.0714. The first kappa shape index (κ1) is 14.7. The van der Waals surface area contributed by atoms with Crippen LogP contribution in [0.5, 0.6) is 0 Å². The highest BCUT2D eigenvalue weighted by atomic mass is 127. The molecule has 0 fully saturated rings. The third kappa shape index (κ3) is 4.40. The summed E-state index contributed by atoms with van der Waals surface area (Å²) in [5, 5.41) is 3.57. The predicted molar refractivity (Wildman–Crippen MR) is 90.0 cm³/mol. The zero-order valence-electron chi connectivity index (χ0n) is 9.90. The molecule has 98 valence electrons. The number of hydrogen-bond acceptors (Lipinski definition) is 2. The van der Waals surface area contributed by atoms with Crippen molar-refractivity contribution >= 4 is 57.5 Å². The second-order valence-corrected chi connectivity index (χ2v) is 6.33. The SMILES string of the molecule is O=C(CSc1ccccc1Cl)Nc1ccccc1I. The normalized spacial score (nSPS) is 10.2. The highest BCUT2D eigenvalue weighted by molar-refractivity contribution is 14.1. The summed E-state index contributed by atoms with van der Waals surface area (Å²) in [5.41, 5.74) is 0.841. The first-order valence-corrected chi connectivity index (χ1v) is 8.03. The lowest BCUT2D eigenvalue weighted by molar-refractivity contribution is -0.113. The van der Waals surface area contributed by atoms with Gasteiger partial charge in [-0.1, -0.05) is 35.9 Å². The lowest BCUT2D eigenvalue weighted by Crippen LogP contribution is -2.14. The summed E-state index contributed by atoms with van der Waals surface area (Å²) >= 11 is 9.67. The molecule has 0 bridgehead atoms. The van der Waals surface area contributed by atoms with Gasteiger partial charge in [0.25, 0.3) is 0 Å². The summed E-state index contributed by atoms with van der Waals surface area (Å²) in [5.74, 6) is 0.309. The smallest absolute Gasteiger partial charge is 0.234 e. The lowest BCUT2D eigenvalue weighted by atomic mass is 10.3. The van der Waals surface area contributed by atoms with Crippen LogP contribution < -0.4 is 5.32 Å². The maximum Gasteiger partial charge on any atom is 0.234 e. The van der Waals surface area contributed by atoms with Gasteiger partial charge in [-0.2, -0.15) is 0 Å². The van der Waals surface area contributed by atoms with E-state index in [1.165, 1.54) is 11.8 Å². The Hall–Kier alpha value is -0.720. The summed E-state index contributed by atoms with van der Waals surface area (Å²) in [7, 11) is 0. The Kier molecular flexibility index (Phi) is 5.54. The Morgan fingerprint density at radius 1 is 1.16 bits per heavy atom. The highest BCUT2D eigenvalue weighted by Crippen LogP contribution is 2.26. The molecule has 5 heteroatoms. The fourth-order valence-electron chi connectivity index (χ4n) is 1.45. The van der Waals surface area contributed by atoms with Gasteiger partial charge in [0, 0.05) is 8.47 Å². The van der Waals surface area contributed by atoms with E-state index < -0.39 is 0 Å². The first-order chi connectivity index (χ1) is 9.16. The number of hydrogen-bond donors (Lipinski definition) is 1. The van der Waals surface area contributed by atoms with E-state index >= 15 is 0 Å². The van der Waals surface area contributed by atoms with Crippen LogP contribution in [-0.4, -0.2) is 11.7 Å². The van der Waals surface area contributed by atoms with Crippen molar-refractivity contribution in [3.63, 3.8) is 0 Å². The summed E-state index contributed by atoms with van der Waals surface area (Å²) in [6.07, 6.45) is 0. The monoisotopic (exact) mass is 403 g/mol. The molecular weight excluding hydrogens is 393 g/mol. The number of carbonyl (C=O) groups excluding carboxylic acids is 1. The van der Waals surface area contributed by atoms with Crippen molar-refractivity contribution in [3.05, 3.63) is 57.1 Å². The van der Waals surface area contributed by atoms with Crippen molar-refractivity contribution in [1.29, 1.82) is 0 Å². The standard InChI is InChI=1S/C14H11ClINOS/c15-10-5-1-4-8-13(10)19-9-14(18)17-12-7-3-2-6-11(12)16/h1-8H,9H2,(H,17,18). The number of carbonyl (C=O) groups is 1. The average molecular weight is 404 g/mol. The molecule has 0 aliphatic rings. The number of halogens is 2. The zero-order valence-corrected chi connectivity index (χ0v) is 13.6. The number of amides is 1. The van der Waals surface area contributed by atoms with Crippen LogP contribution in [0, 0.1) is 3.57 Å². The van der Waals surface area contributed by atoms with E-state index in [-0.39, 0.29) is 5.91 Å². The molecule has 19 heavy (non-hydrogen) atoms. The van der Waals surface area contributed by atoms with Crippen LogP contribution in [-0.2, 0) is 4.79 Å². The molecule has 2 aromatic carbocycles. The number of nitrogens with one attached hydrogen (secondary N) is 1. The maximum atomic E-state index is 11.9. The Bertz CT molecular complexity index is 591. The van der Waals surface area contributed by atoms with Crippen LogP contribution in [0.1, 0.15) is 0 Å². The van der Waals surface area contributed by atoms with Crippen LogP contribution in [0.3, 0.4) is 0 Å². The summed E-state index contributed by atoms with van der Waals surface area (Å²) < 4.78 is 1.02. The van der Waals surface area contributed by atoms with Crippen LogP contribution >= 0.6 is 46.0 Å². The van der Waals surface area contributed by atoms with E-state index in [0.717, 1.165) is 14.2 Å². The predicted octanol–water partition coefficient (Wildman–Crippen LogP) is 4.68. The van der Waals surface area contributed by atoms with E-state index in [0.29, 0.717) is 10.8 Å². The van der Waals surface area contributed by atoms with Gasteiger partial charge in [0.05, 0.1) is 16.5 Å². The summed E-state index contributed by atoms with van der Waals surface area (Å²) in [4.78, 5) is 12.8. The van der Waals surface area contributed by atoms with Gasteiger partial charge >= 0.3 is 0 Å². The van der Waals surface area contributed by atoms with Gasteiger partial charge in [-0.3, -0.25) is 4.79 Å². The number of thioether (sulfide) groups is 1. The molecule has 0 aromatic heterocycles. The van der Waals surface area contributed by atoms with E-state index in [4.69, 9.17) is 11.6 Å². The Morgan fingerprint density at radius 2 is 1.84 bits per heavy atom. The van der Waals surface area contributed by atoms with Gasteiger partial charge in [-0.25, -0.2) is 0 Å². The van der Waals surface area contributed by atoms with Gasteiger partial charge < -0.3 is 5.32 Å². The van der Waals surface area contributed by atoms with Gasteiger partial charge in [0.1, 0.15) is 0 Å². The van der Waals surface area contributed by atoms with Crippen molar-refractivity contribution in [2.75, 3.05) is 11.1 Å². The molecule has 1 amide bonds. The number of benzene rings is 2. The lowest BCUT2D eigenvalue weighted by Gasteiger charge is -2.07. The molecule has 0 aliphatic carbocycles. The Labute approximate surface area is 135 Å². The average Bonchev–Trinajstić information content (AvgIpc) is 2.40. The van der Waals surface area contributed by atoms with Crippen molar-refractivity contribution in [3.8, 4) is 0 Å². The van der Waals surface area contributed by atoms with E-state index in [9.17, 15) is 4.79 Å². The molecule has 0 atom stereocenters. The van der Waals surface area contributed by atoms with Gasteiger partial charge in [-0.05, 0) is 46.9 Å². The molecule has 2 rings (SSSR count). The van der Waals surface area contributed by atoms with Crippen molar-refractivity contribution in [1.82, 2.24) is 0 Å². The Balaban J connectivity index is 1.92. The molecule has 0 saturated carbocycles. The zero-order chi connectivity index (χ0) is 13.7. The number of rotatable bonds is 4. The number of anilines is 1. The molecule has 0 saturated heterocycles. The van der Waals surface area contributed by atoms with E-state index in [2.05, 4.69) is 27.9 Å². The van der Waals surface area contributed by atoms with Crippen molar-refractivity contribution in [2.24, 2.45) is 0 Å². The molecule has 0 spiro atoms. The van der Waals surface area contributed by atoms with Crippen molar-refractivity contribution < 1.29 is 4.79 Å². The topological polar surface area (TPSA) is 29.1 Å². The second-order valence-electron chi connectivity index (χ2n) is 3.75. The molecule has 0 unspecified atom stereocenters. The van der Waals surface area contributed by atoms with Crippen LogP contribution in [0.25, 0.3) is 0 Å². The molecule has 2 nitrogen and oxygen atoms in total. The quantitative estimate of drug-likeness (QED) is 0.593. The third-order valence-corrected chi connectivity index (χ3v) is 4.80. The third-order valence-electron chi connectivity index (χ3n) is 2.34. The summed E-state index contributed by atoms with van der Waals surface area (Å²) in [6.45, 7) is 0. The second kappa shape index (κ2) is 7.17. The largest absolute Gasteiger partial charge is 0.324 e. The molecule has 2 aromatic rings. The minimum atomic E-state index is -0.0333. The minimum absolute atomic E-state index is 0.0333.